The average molecular weight is 137 g/mol. The summed E-state index contributed by atoms with van der Waals surface area (Å²) < 4.78 is 0. The number of hydrogen-bond acceptors (Lipinski definition) is 1. The molecular formula is C9H15N. The van der Waals surface area contributed by atoms with Gasteiger partial charge in [0, 0.05) is 5.70 Å². The van der Waals surface area contributed by atoms with Gasteiger partial charge in [0.25, 0.3) is 0 Å². The van der Waals surface area contributed by atoms with Crippen molar-refractivity contribution in [3.05, 3.63) is 22.9 Å². The molecule has 1 rings (SSSR count). The van der Waals surface area contributed by atoms with Gasteiger partial charge in [0.2, 0.25) is 0 Å². The fourth-order valence-corrected chi connectivity index (χ4v) is 1.36. The predicted molar refractivity (Wildman–Crippen MR) is 44.4 cm³/mol. The molecule has 1 unspecified atom stereocenters. The van der Waals surface area contributed by atoms with Crippen LogP contribution in [0.4, 0.5) is 0 Å². The van der Waals surface area contributed by atoms with E-state index in [-0.39, 0.29) is 0 Å². The van der Waals surface area contributed by atoms with Crippen molar-refractivity contribution in [1.29, 1.82) is 0 Å². The largest absolute Gasteiger partial charge is 0.399 e. The molecule has 0 aliphatic heterocycles. The van der Waals surface area contributed by atoms with Gasteiger partial charge in [-0.25, -0.2) is 0 Å². The minimum absolute atomic E-state index is 0.644. The third kappa shape index (κ3) is 1.23. The van der Waals surface area contributed by atoms with Crippen molar-refractivity contribution in [2.45, 2.75) is 27.2 Å². The molecule has 0 saturated carbocycles. The predicted octanol–water partition coefficient (Wildman–Crippen LogP) is 2.21. The lowest BCUT2D eigenvalue weighted by molar-refractivity contribution is 0.651. The van der Waals surface area contributed by atoms with Crippen molar-refractivity contribution in [1.82, 2.24) is 0 Å². The Hall–Kier alpha value is -0.720. The van der Waals surface area contributed by atoms with E-state index in [2.05, 4.69) is 26.8 Å². The maximum atomic E-state index is 5.76. The molecule has 0 spiro atoms. The highest BCUT2D eigenvalue weighted by Crippen LogP contribution is 2.25. The van der Waals surface area contributed by atoms with Crippen LogP contribution in [-0.2, 0) is 0 Å². The summed E-state index contributed by atoms with van der Waals surface area (Å²) in [4.78, 5) is 0. The topological polar surface area (TPSA) is 26.0 Å². The van der Waals surface area contributed by atoms with E-state index in [9.17, 15) is 0 Å². The van der Waals surface area contributed by atoms with E-state index < -0.39 is 0 Å². The summed E-state index contributed by atoms with van der Waals surface area (Å²) in [6.07, 6.45) is 3.25. The number of nitrogens with two attached hydrogens (primary N) is 1. The molecule has 0 radical (unpaired) electrons. The third-order valence-corrected chi connectivity index (χ3v) is 2.22. The zero-order chi connectivity index (χ0) is 7.72. The van der Waals surface area contributed by atoms with Gasteiger partial charge in [0.1, 0.15) is 0 Å². The maximum Gasteiger partial charge on any atom is 0.0305 e. The molecule has 0 aromatic heterocycles. The van der Waals surface area contributed by atoms with E-state index in [1.54, 1.807) is 0 Å². The van der Waals surface area contributed by atoms with Gasteiger partial charge in [-0.15, -0.1) is 0 Å². The first-order chi connectivity index (χ1) is 4.61. The van der Waals surface area contributed by atoms with Crippen LogP contribution < -0.4 is 5.73 Å². The smallest absolute Gasteiger partial charge is 0.0305 e. The van der Waals surface area contributed by atoms with Gasteiger partial charge in [0.05, 0.1) is 0 Å². The van der Waals surface area contributed by atoms with Crippen LogP contribution in [0.15, 0.2) is 22.9 Å². The molecule has 0 heterocycles. The van der Waals surface area contributed by atoms with Crippen molar-refractivity contribution in [2.75, 3.05) is 0 Å². The Labute approximate surface area is 62.6 Å². The van der Waals surface area contributed by atoms with E-state index in [0.29, 0.717) is 5.92 Å². The van der Waals surface area contributed by atoms with E-state index in [1.165, 1.54) is 17.6 Å². The summed E-state index contributed by atoms with van der Waals surface area (Å²) in [5.41, 5.74) is 9.47. The van der Waals surface area contributed by atoms with E-state index in [1.807, 2.05) is 0 Å². The summed E-state index contributed by atoms with van der Waals surface area (Å²) in [7, 11) is 0. The monoisotopic (exact) mass is 137 g/mol. The average Bonchev–Trinajstić information content (AvgIpc) is 1.82. The zero-order valence-corrected chi connectivity index (χ0v) is 6.94. The van der Waals surface area contributed by atoms with E-state index >= 15 is 0 Å². The highest BCUT2D eigenvalue weighted by molar-refractivity contribution is 5.30. The highest BCUT2D eigenvalue weighted by Gasteiger charge is 2.12. The minimum atomic E-state index is 0.644. The number of hydrogen-bond donors (Lipinski definition) is 1. The second-order valence-corrected chi connectivity index (χ2v) is 3.23. The van der Waals surface area contributed by atoms with Crippen molar-refractivity contribution in [2.24, 2.45) is 11.7 Å². The molecule has 0 bridgehead atoms. The maximum absolute atomic E-state index is 5.76. The van der Waals surface area contributed by atoms with Crippen LogP contribution in [0.1, 0.15) is 27.2 Å². The first-order valence-corrected chi connectivity index (χ1v) is 3.74. The van der Waals surface area contributed by atoms with Crippen molar-refractivity contribution >= 4 is 0 Å². The Kier molecular flexibility index (Phi) is 1.84. The van der Waals surface area contributed by atoms with Gasteiger partial charge >= 0.3 is 0 Å². The number of rotatable bonds is 0. The summed E-state index contributed by atoms with van der Waals surface area (Å²) >= 11 is 0. The Bertz CT molecular complexity index is 199. The van der Waals surface area contributed by atoms with Gasteiger partial charge in [-0.3, -0.25) is 0 Å². The number of allylic oxidation sites excluding steroid dienone is 3. The van der Waals surface area contributed by atoms with Gasteiger partial charge in [-0.2, -0.15) is 0 Å². The Morgan fingerprint density at radius 1 is 1.50 bits per heavy atom. The summed E-state index contributed by atoms with van der Waals surface area (Å²) in [5, 5.41) is 0. The molecule has 0 aromatic carbocycles. The lowest BCUT2D eigenvalue weighted by Gasteiger charge is -2.19. The fourth-order valence-electron chi connectivity index (χ4n) is 1.36. The minimum Gasteiger partial charge on any atom is -0.399 e. The van der Waals surface area contributed by atoms with Crippen molar-refractivity contribution < 1.29 is 0 Å². The standard InChI is InChI=1S/C9H15N/c1-6-4-7(2)8(3)9(10)5-6/h5,7H,4,10H2,1-3H3. The molecule has 10 heavy (non-hydrogen) atoms. The van der Waals surface area contributed by atoms with E-state index in [0.717, 1.165) is 5.70 Å². The van der Waals surface area contributed by atoms with Crippen LogP contribution in [-0.4, -0.2) is 0 Å². The Morgan fingerprint density at radius 2 is 2.10 bits per heavy atom. The third-order valence-electron chi connectivity index (χ3n) is 2.22. The molecule has 0 amide bonds. The van der Waals surface area contributed by atoms with E-state index in [4.69, 9.17) is 5.73 Å². The molecule has 1 heteroatoms. The van der Waals surface area contributed by atoms with Crippen LogP contribution in [0, 0.1) is 5.92 Å². The van der Waals surface area contributed by atoms with Crippen molar-refractivity contribution in [3.63, 3.8) is 0 Å². The molecule has 1 atom stereocenters. The molecule has 1 aliphatic rings. The van der Waals surface area contributed by atoms with Crippen LogP contribution >= 0.6 is 0 Å². The van der Waals surface area contributed by atoms with Crippen LogP contribution in [0.5, 0.6) is 0 Å². The van der Waals surface area contributed by atoms with Gasteiger partial charge in [0.15, 0.2) is 0 Å². The summed E-state index contributed by atoms with van der Waals surface area (Å²) in [6.45, 7) is 6.47. The quantitative estimate of drug-likeness (QED) is 0.544. The molecule has 56 valence electrons. The second-order valence-electron chi connectivity index (χ2n) is 3.23. The SMILES string of the molecule is CC1=CC(N)=C(C)C(C)C1. The normalized spacial score (nSPS) is 26.7. The van der Waals surface area contributed by atoms with Crippen LogP contribution in [0.3, 0.4) is 0 Å². The first-order valence-electron chi connectivity index (χ1n) is 3.74. The van der Waals surface area contributed by atoms with Crippen LogP contribution in [0.2, 0.25) is 0 Å². The lowest BCUT2D eigenvalue weighted by atomic mass is 9.89. The second kappa shape index (κ2) is 2.49. The fraction of sp³-hybridized carbons (Fsp3) is 0.556. The Balaban J connectivity index is 2.92. The zero-order valence-electron chi connectivity index (χ0n) is 6.94. The van der Waals surface area contributed by atoms with Crippen molar-refractivity contribution in [3.8, 4) is 0 Å². The van der Waals surface area contributed by atoms with Gasteiger partial charge in [-0.05, 0) is 37.8 Å². The molecule has 1 aliphatic carbocycles. The molecule has 0 saturated heterocycles. The van der Waals surface area contributed by atoms with Gasteiger partial charge in [-0.1, -0.05) is 12.5 Å². The van der Waals surface area contributed by atoms with Gasteiger partial charge < -0.3 is 5.73 Å². The molecular weight excluding hydrogens is 122 g/mol. The molecule has 0 aromatic rings. The molecule has 1 nitrogen and oxygen atoms in total. The summed E-state index contributed by atoms with van der Waals surface area (Å²) in [6, 6.07) is 0. The lowest BCUT2D eigenvalue weighted by Crippen LogP contribution is -2.10. The first kappa shape index (κ1) is 7.39. The molecule has 2 N–H and O–H groups in total. The van der Waals surface area contributed by atoms with Crippen LogP contribution in [0.25, 0.3) is 0 Å². The molecule has 0 fully saturated rings. The highest BCUT2D eigenvalue weighted by atomic mass is 14.6. The Morgan fingerprint density at radius 3 is 2.60 bits per heavy atom. The summed E-state index contributed by atoms with van der Waals surface area (Å²) in [5.74, 6) is 0.644.